The molecule has 0 atom stereocenters. The normalized spacial score (nSPS) is 14.1. The molecule has 0 aromatic heterocycles. The van der Waals surface area contributed by atoms with Crippen LogP contribution in [0.1, 0.15) is 45.1 Å². The summed E-state index contributed by atoms with van der Waals surface area (Å²) in [4.78, 5) is 13.7. The number of hydrogen-bond donors (Lipinski definition) is 1. The van der Waals surface area contributed by atoms with Crippen molar-refractivity contribution in [1.29, 1.82) is 0 Å². The fourth-order valence-electron chi connectivity index (χ4n) is 3.70. The largest absolute Gasteiger partial charge is 0.491 e. The van der Waals surface area contributed by atoms with E-state index < -0.39 is 5.97 Å². The van der Waals surface area contributed by atoms with Crippen molar-refractivity contribution in [2.45, 2.75) is 39.5 Å². The molecule has 2 aromatic rings. The summed E-state index contributed by atoms with van der Waals surface area (Å²) >= 11 is 0. The number of anilines is 1. The van der Waals surface area contributed by atoms with Crippen LogP contribution in [-0.4, -0.2) is 44.0 Å². The van der Waals surface area contributed by atoms with Gasteiger partial charge in [-0.05, 0) is 73.2 Å². The number of nitrogens with zero attached hydrogens (tertiary/aromatic N) is 1. The number of aliphatic carboxylic acids is 1. The highest BCUT2D eigenvalue weighted by atomic mass is 16.5. The third-order valence-electron chi connectivity index (χ3n) is 5.51. The Hall–Kier alpha value is -2.79. The van der Waals surface area contributed by atoms with Gasteiger partial charge in [-0.25, -0.2) is 4.79 Å². The van der Waals surface area contributed by atoms with Gasteiger partial charge in [0.1, 0.15) is 12.4 Å². The van der Waals surface area contributed by atoms with E-state index in [0.717, 1.165) is 60.7 Å². The van der Waals surface area contributed by atoms with Crippen molar-refractivity contribution in [3.63, 3.8) is 0 Å². The van der Waals surface area contributed by atoms with E-state index in [4.69, 9.17) is 9.47 Å². The minimum absolute atomic E-state index is 0.336. The second-order valence-corrected chi connectivity index (χ2v) is 7.94. The molecule has 2 aromatic carbocycles. The molecule has 0 spiro atoms. The van der Waals surface area contributed by atoms with Crippen molar-refractivity contribution in [2.75, 3.05) is 37.8 Å². The van der Waals surface area contributed by atoms with Crippen LogP contribution in [0.15, 0.2) is 48.0 Å². The molecule has 0 bridgehead atoms. The molecule has 1 aliphatic heterocycles. The lowest BCUT2D eigenvalue weighted by Gasteiger charge is -2.21. The zero-order valence-electron chi connectivity index (χ0n) is 18.6. The molecule has 1 N–H and O–H groups in total. The van der Waals surface area contributed by atoms with Crippen LogP contribution in [0.2, 0.25) is 0 Å². The number of carboxylic acid groups (broad SMARTS) is 1. The Labute approximate surface area is 185 Å². The number of carbonyl (C=O) groups is 1. The topological polar surface area (TPSA) is 59.0 Å². The highest BCUT2D eigenvalue weighted by molar-refractivity contribution is 5.93. The van der Waals surface area contributed by atoms with Gasteiger partial charge in [0.15, 0.2) is 0 Å². The van der Waals surface area contributed by atoms with Crippen LogP contribution < -0.4 is 9.64 Å². The molecule has 1 saturated heterocycles. The summed E-state index contributed by atoms with van der Waals surface area (Å²) in [5, 5.41) is 9.34. The van der Waals surface area contributed by atoms with Gasteiger partial charge in [-0.15, -0.1) is 0 Å². The molecule has 0 aliphatic carbocycles. The Kier molecular flexibility index (Phi) is 8.53. The lowest BCUT2D eigenvalue weighted by Crippen LogP contribution is -2.18. The Morgan fingerprint density at radius 2 is 1.74 bits per heavy atom. The molecule has 3 rings (SSSR count). The SMILES string of the molecule is CCCCOCCOc1ccc(-c2ccc(N3CCCC3)c(/C=C(\C)C(=O)O)c2)cc1. The molecular weight excluding hydrogens is 390 g/mol. The molecule has 5 nitrogen and oxygen atoms in total. The zero-order valence-corrected chi connectivity index (χ0v) is 18.6. The first kappa shape index (κ1) is 22.9. The van der Waals surface area contributed by atoms with Gasteiger partial charge in [-0.3, -0.25) is 0 Å². The van der Waals surface area contributed by atoms with Gasteiger partial charge in [0.2, 0.25) is 0 Å². The van der Waals surface area contributed by atoms with Crippen molar-refractivity contribution >= 4 is 17.7 Å². The minimum Gasteiger partial charge on any atom is -0.491 e. The summed E-state index contributed by atoms with van der Waals surface area (Å²) < 4.78 is 11.3. The summed E-state index contributed by atoms with van der Waals surface area (Å²) in [6, 6.07) is 14.3. The van der Waals surface area contributed by atoms with Crippen LogP contribution >= 0.6 is 0 Å². The van der Waals surface area contributed by atoms with Gasteiger partial charge in [0, 0.05) is 31.0 Å². The molecule has 166 valence electrons. The predicted octanol–water partition coefficient (Wildman–Crippen LogP) is 5.64. The van der Waals surface area contributed by atoms with E-state index in [2.05, 4.69) is 30.0 Å². The zero-order chi connectivity index (χ0) is 22.1. The van der Waals surface area contributed by atoms with E-state index in [1.165, 1.54) is 12.8 Å². The number of unbranched alkanes of at least 4 members (excludes halogenated alkanes) is 1. The predicted molar refractivity (Wildman–Crippen MR) is 126 cm³/mol. The molecule has 5 heteroatoms. The van der Waals surface area contributed by atoms with Crippen LogP contribution in [-0.2, 0) is 9.53 Å². The molecule has 0 amide bonds. The first-order chi connectivity index (χ1) is 15.1. The van der Waals surface area contributed by atoms with E-state index in [-0.39, 0.29) is 0 Å². The maximum atomic E-state index is 11.4. The Morgan fingerprint density at radius 3 is 2.42 bits per heavy atom. The second-order valence-electron chi connectivity index (χ2n) is 7.94. The van der Waals surface area contributed by atoms with Gasteiger partial charge in [0.25, 0.3) is 0 Å². The molecule has 1 aliphatic rings. The van der Waals surface area contributed by atoms with E-state index in [0.29, 0.717) is 18.8 Å². The molecule has 0 radical (unpaired) electrons. The monoisotopic (exact) mass is 423 g/mol. The Bertz CT molecular complexity index is 883. The van der Waals surface area contributed by atoms with Crippen LogP contribution in [0.25, 0.3) is 17.2 Å². The molecule has 1 heterocycles. The molecule has 31 heavy (non-hydrogen) atoms. The lowest BCUT2D eigenvalue weighted by molar-refractivity contribution is -0.132. The van der Waals surface area contributed by atoms with E-state index in [1.54, 1.807) is 13.0 Å². The summed E-state index contributed by atoms with van der Waals surface area (Å²) in [7, 11) is 0. The standard InChI is InChI=1S/C26H33NO4/c1-3-4-15-30-16-17-31-24-10-7-21(8-11-24)22-9-12-25(27-13-5-6-14-27)23(19-22)18-20(2)26(28)29/h7-12,18-19H,3-6,13-17H2,1-2H3,(H,28,29)/b20-18+. The fraction of sp³-hybridized carbons (Fsp3) is 0.423. The summed E-state index contributed by atoms with van der Waals surface area (Å²) in [5.74, 6) is -0.0729. The van der Waals surface area contributed by atoms with Gasteiger partial charge in [-0.2, -0.15) is 0 Å². The molecule has 0 unspecified atom stereocenters. The Morgan fingerprint density at radius 1 is 1.03 bits per heavy atom. The minimum atomic E-state index is -0.891. The van der Waals surface area contributed by atoms with E-state index in [9.17, 15) is 9.90 Å². The van der Waals surface area contributed by atoms with Crippen LogP contribution in [0, 0.1) is 0 Å². The van der Waals surface area contributed by atoms with E-state index in [1.807, 2.05) is 24.3 Å². The summed E-state index contributed by atoms with van der Waals surface area (Å²) in [6.07, 6.45) is 6.33. The third-order valence-corrected chi connectivity index (χ3v) is 5.51. The average Bonchev–Trinajstić information content (AvgIpc) is 3.31. The summed E-state index contributed by atoms with van der Waals surface area (Å²) in [5.41, 5.74) is 4.51. The number of hydrogen-bond acceptors (Lipinski definition) is 4. The van der Waals surface area contributed by atoms with Gasteiger partial charge >= 0.3 is 5.97 Å². The highest BCUT2D eigenvalue weighted by Gasteiger charge is 2.16. The van der Waals surface area contributed by atoms with Gasteiger partial charge in [0.05, 0.1) is 6.61 Å². The number of benzene rings is 2. The smallest absolute Gasteiger partial charge is 0.331 e. The maximum Gasteiger partial charge on any atom is 0.331 e. The van der Waals surface area contributed by atoms with Crippen molar-refractivity contribution < 1.29 is 19.4 Å². The van der Waals surface area contributed by atoms with E-state index >= 15 is 0 Å². The molecule has 0 saturated carbocycles. The van der Waals surface area contributed by atoms with Crippen LogP contribution in [0.5, 0.6) is 5.75 Å². The molecular formula is C26H33NO4. The number of carboxylic acids is 1. The first-order valence-corrected chi connectivity index (χ1v) is 11.2. The van der Waals surface area contributed by atoms with Crippen LogP contribution in [0.3, 0.4) is 0 Å². The van der Waals surface area contributed by atoms with Crippen molar-refractivity contribution in [3.05, 3.63) is 53.6 Å². The quantitative estimate of drug-likeness (QED) is 0.374. The number of ether oxygens (including phenoxy) is 2. The fourth-order valence-corrected chi connectivity index (χ4v) is 3.70. The first-order valence-electron chi connectivity index (χ1n) is 11.2. The molecule has 1 fully saturated rings. The van der Waals surface area contributed by atoms with Gasteiger partial charge < -0.3 is 19.5 Å². The second kappa shape index (κ2) is 11.6. The highest BCUT2D eigenvalue weighted by Crippen LogP contribution is 2.32. The summed E-state index contributed by atoms with van der Waals surface area (Å²) in [6.45, 7) is 7.73. The maximum absolute atomic E-state index is 11.4. The average molecular weight is 424 g/mol. The van der Waals surface area contributed by atoms with Crippen LogP contribution in [0.4, 0.5) is 5.69 Å². The Balaban J connectivity index is 1.73. The lowest BCUT2D eigenvalue weighted by atomic mass is 10.00. The van der Waals surface area contributed by atoms with Gasteiger partial charge in [-0.1, -0.05) is 31.5 Å². The van der Waals surface area contributed by atoms with Crippen molar-refractivity contribution in [3.8, 4) is 16.9 Å². The van der Waals surface area contributed by atoms with Crippen molar-refractivity contribution in [2.24, 2.45) is 0 Å². The van der Waals surface area contributed by atoms with Crippen molar-refractivity contribution in [1.82, 2.24) is 0 Å². The number of rotatable bonds is 11. The third kappa shape index (κ3) is 6.59.